The summed E-state index contributed by atoms with van der Waals surface area (Å²) in [6.45, 7) is 0. The average molecular weight is 594 g/mol. The van der Waals surface area contributed by atoms with Gasteiger partial charge in [0.1, 0.15) is 12.0 Å². The van der Waals surface area contributed by atoms with Crippen LogP contribution in [0.15, 0.2) is 154 Å². The van der Waals surface area contributed by atoms with Gasteiger partial charge in [-0.25, -0.2) is 9.98 Å². The number of benzene rings is 5. The SMILES string of the molecule is Brc1cc(C2=NC(c3ccccc3)NC(c3ccc(-c4ccccc4)cc3)=N2)cc(-c2cccc3cccnc23)c1. The Kier molecular flexibility index (Phi) is 6.71. The molecule has 5 aromatic carbocycles. The Morgan fingerprint density at radius 3 is 2.07 bits per heavy atom. The molecule has 1 N–H and O–H groups in total. The topological polar surface area (TPSA) is 49.6 Å². The van der Waals surface area contributed by atoms with Crippen LogP contribution in [0.1, 0.15) is 22.9 Å². The van der Waals surface area contributed by atoms with Crippen molar-refractivity contribution in [3.63, 3.8) is 0 Å². The van der Waals surface area contributed by atoms with E-state index in [0.29, 0.717) is 5.84 Å². The van der Waals surface area contributed by atoms with Crippen molar-refractivity contribution in [2.24, 2.45) is 9.98 Å². The van der Waals surface area contributed by atoms with Gasteiger partial charge in [-0.05, 0) is 46.5 Å². The summed E-state index contributed by atoms with van der Waals surface area (Å²) in [7, 11) is 0. The number of rotatable bonds is 5. The molecular formula is C36H25BrN4. The summed E-state index contributed by atoms with van der Waals surface area (Å²) in [4.78, 5) is 14.8. The van der Waals surface area contributed by atoms with E-state index in [1.54, 1.807) is 0 Å². The van der Waals surface area contributed by atoms with Gasteiger partial charge in [0.15, 0.2) is 5.84 Å². The quantitative estimate of drug-likeness (QED) is 0.217. The van der Waals surface area contributed by atoms with Gasteiger partial charge in [-0.15, -0.1) is 0 Å². The molecule has 41 heavy (non-hydrogen) atoms. The third-order valence-corrected chi connectivity index (χ3v) is 7.68. The molecule has 5 heteroatoms. The first-order chi connectivity index (χ1) is 20.2. The lowest BCUT2D eigenvalue weighted by Gasteiger charge is -2.24. The van der Waals surface area contributed by atoms with E-state index in [2.05, 4.69) is 129 Å². The fourth-order valence-corrected chi connectivity index (χ4v) is 5.69. The van der Waals surface area contributed by atoms with Crippen LogP contribution in [0.5, 0.6) is 0 Å². The van der Waals surface area contributed by atoms with E-state index >= 15 is 0 Å². The molecule has 6 aromatic rings. The third-order valence-electron chi connectivity index (χ3n) is 7.22. The minimum atomic E-state index is -0.269. The number of amidine groups is 2. The molecule has 1 aromatic heterocycles. The monoisotopic (exact) mass is 592 g/mol. The van der Waals surface area contributed by atoms with Gasteiger partial charge in [0.05, 0.1) is 5.52 Å². The van der Waals surface area contributed by atoms with E-state index in [9.17, 15) is 0 Å². The molecule has 0 aliphatic carbocycles. The first-order valence-electron chi connectivity index (χ1n) is 13.5. The maximum atomic E-state index is 5.08. The summed E-state index contributed by atoms with van der Waals surface area (Å²) >= 11 is 3.75. The number of pyridine rings is 1. The molecule has 7 rings (SSSR count). The van der Waals surface area contributed by atoms with Crippen molar-refractivity contribution in [2.75, 3.05) is 0 Å². The molecule has 1 aliphatic rings. The highest BCUT2D eigenvalue weighted by atomic mass is 79.9. The maximum Gasteiger partial charge on any atom is 0.159 e. The van der Waals surface area contributed by atoms with Gasteiger partial charge in [0.2, 0.25) is 0 Å². The number of hydrogen-bond acceptors (Lipinski definition) is 4. The van der Waals surface area contributed by atoms with E-state index in [-0.39, 0.29) is 6.17 Å². The highest BCUT2D eigenvalue weighted by Crippen LogP contribution is 2.32. The number of aromatic nitrogens is 1. The van der Waals surface area contributed by atoms with Crippen LogP contribution in [0, 0.1) is 0 Å². The molecule has 0 radical (unpaired) electrons. The summed E-state index contributed by atoms with van der Waals surface area (Å²) in [6.07, 6.45) is 1.57. The van der Waals surface area contributed by atoms with E-state index < -0.39 is 0 Å². The number of hydrogen-bond donors (Lipinski definition) is 1. The summed E-state index contributed by atoms with van der Waals surface area (Å²) in [6, 6.07) is 45.9. The number of halogens is 1. The van der Waals surface area contributed by atoms with E-state index in [4.69, 9.17) is 9.98 Å². The van der Waals surface area contributed by atoms with Crippen LogP contribution in [-0.4, -0.2) is 16.7 Å². The average Bonchev–Trinajstić information content (AvgIpc) is 3.05. The number of fused-ring (bicyclic) bond motifs is 1. The lowest BCUT2D eigenvalue weighted by Crippen LogP contribution is -2.33. The van der Waals surface area contributed by atoms with Gasteiger partial charge >= 0.3 is 0 Å². The number of para-hydroxylation sites is 1. The number of nitrogens with zero attached hydrogens (tertiary/aromatic N) is 3. The first kappa shape index (κ1) is 25.1. The van der Waals surface area contributed by atoms with Gasteiger partial charge < -0.3 is 5.32 Å². The van der Waals surface area contributed by atoms with Crippen LogP contribution in [0.4, 0.5) is 0 Å². The Morgan fingerprint density at radius 2 is 1.27 bits per heavy atom. The van der Waals surface area contributed by atoms with Gasteiger partial charge in [-0.2, -0.15) is 0 Å². The number of aliphatic imine (C=N–C) groups is 2. The van der Waals surface area contributed by atoms with E-state index in [1.807, 2.05) is 36.5 Å². The molecule has 4 nitrogen and oxygen atoms in total. The Bertz CT molecular complexity index is 1910. The lowest BCUT2D eigenvalue weighted by atomic mass is 9.99. The molecule has 1 unspecified atom stereocenters. The summed E-state index contributed by atoms with van der Waals surface area (Å²) in [5, 5.41) is 4.68. The van der Waals surface area contributed by atoms with Gasteiger partial charge in [0.25, 0.3) is 0 Å². The molecule has 0 spiro atoms. The molecule has 196 valence electrons. The third kappa shape index (κ3) is 5.20. The first-order valence-corrected chi connectivity index (χ1v) is 14.3. The zero-order valence-electron chi connectivity index (χ0n) is 22.1. The number of nitrogens with one attached hydrogen (secondary N) is 1. The smallest absolute Gasteiger partial charge is 0.159 e. The summed E-state index contributed by atoms with van der Waals surface area (Å²) in [5.41, 5.74) is 8.46. The highest BCUT2D eigenvalue weighted by Gasteiger charge is 2.22. The van der Waals surface area contributed by atoms with E-state index in [0.717, 1.165) is 49.0 Å². The second-order valence-electron chi connectivity index (χ2n) is 9.92. The zero-order valence-corrected chi connectivity index (χ0v) is 23.7. The van der Waals surface area contributed by atoms with Crippen LogP contribution in [0.25, 0.3) is 33.2 Å². The Hall–Kier alpha value is -4.87. The van der Waals surface area contributed by atoms with Gasteiger partial charge in [-0.1, -0.05) is 125 Å². The standard InChI is InChI=1S/C36H25BrN4/c37-31-22-29(32-15-7-13-26-14-8-20-38-33(26)32)21-30(23-31)36-40-34(27-11-5-2-6-12-27)39-35(41-36)28-18-16-25(17-19-28)24-9-3-1-4-10-24/h1-23,34H,(H,39,40,41). The second kappa shape index (κ2) is 11.0. The zero-order chi connectivity index (χ0) is 27.6. The van der Waals surface area contributed by atoms with Crippen molar-refractivity contribution in [3.8, 4) is 22.3 Å². The minimum Gasteiger partial charge on any atom is -0.344 e. The largest absolute Gasteiger partial charge is 0.344 e. The molecule has 0 fully saturated rings. The Balaban J connectivity index is 1.32. The molecule has 2 heterocycles. The van der Waals surface area contributed by atoms with Crippen LogP contribution < -0.4 is 5.32 Å². The van der Waals surface area contributed by atoms with Gasteiger partial charge in [-0.3, -0.25) is 4.98 Å². The van der Waals surface area contributed by atoms with Crippen molar-refractivity contribution < 1.29 is 0 Å². The summed E-state index contributed by atoms with van der Waals surface area (Å²) in [5.74, 6) is 1.47. The molecule has 1 atom stereocenters. The van der Waals surface area contributed by atoms with Crippen LogP contribution in [-0.2, 0) is 0 Å². The van der Waals surface area contributed by atoms with Crippen molar-refractivity contribution >= 4 is 38.5 Å². The van der Waals surface area contributed by atoms with Gasteiger partial charge in [0, 0.05) is 32.7 Å². The predicted molar refractivity (Wildman–Crippen MR) is 172 cm³/mol. The van der Waals surface area contributed by atoms with E-state index in [1.165, 1.54) is 11.1 Å². The molecule has 0 saturated carbocycles. The van der Waals surface area contributed by atoms with Crippen LogP contribution in [0.3, 0.4) is 0 Å². The lowest BCUT2D eigenvalue weighted by molar-refractivity contribution is 0.674. The normalized spacial score (nSPS) is 14.7. The molecule has 1 aliphatic heterocycles. The summed E-state index contributed by atoms with van der Waals surface area (Å²) < 4.78 is 0.958. The molecule has 0 saturated heterocycles. The Morgan fingerprint density at radius 1 is 0.585 bits per heavy atom. The van der Waals surface area contributed by atoms with Crippen LogP contribution >= 0.6 is 15.9 Å². The predicted octanol–water partition coefficient (Wildman–Crippen LogP) is 8.83. The Labute approximate surface area is 247 Å². The van der Waals surface area contributed by atoms with Crippen molar-refractivity contribution in [1.29, 1.82) is 0 Å². The van der Waals surface area contributed by atoms with Crippen molar-refractivity contribution in [3.05, 3.63) is 161 Å². The second-order valence-corrected chi connectivity index (χ2v) is 10.8. The van der Waals surface area contributed by atoms with Crippen molar-refractivity contribution in [2.45, 2.75) is 6.17 Å². The molecular weight excluding hydrogens is 568 g/mol. The maximum absolute atomic E-state index is 5.08. The fourth-order valence-electron chi connectivity index (χ4n) is 5.19. The van der Waals surface area contributed by atoms with Crippen LogP contribution in [0.2, 0.25) is 0 Å². The molecule has 0 amide bonds. The molecule has 0 bridgehead atoms. The minimum absolute atomic E-state index is 0.269. The van der Waals surface area contributed by atoms with Crippen molar-refractivity contribution in [1.82, 2.24) is 10.3 Å². The fraction of sp³-hybridized carbons (Fsp3) is 0.0278. The highest BCUT2D eigenvalue weighted by molar-refractivity contribution is 9.10.